The number of phenolic OH excluding ortho intramolecular Hbond substituents is 1. The maximum absolute atomic E-state index is 13.5. The summed E-state index contributed by atoms with van der Waals surface area (Å²) in [6.45, 7) is 2.45. The molecule has 7 heteroatoms. The van der Waals surface area contributed by atoms with Crippen molar-refractivity contribution in [3.63, 3.8) is 0 Å². The van der Waals surface area contributed by atoms with Crippen LogP contribution in [0.2, 0.25) is 0 Å². The van der Waals surface area contributed by atoms with Crippen LogP contribution in [0.5, 0.6) is 17.2 Å². The molecule has 2 aliphatic rings. The summed E-state index contributed by atoms with van der Waals surface area (Å²) in [7, 11) is 0. The Bertz CT molecular complexity index is 1260. The molecular formula is C28H26N2O5. The Hall–Kier alpha value is -4.02. The molecular weight excluding hydrogens is 444 g/mol. The average Bonchev–Trinajstić information content (AvgIpc) is 3.31. The maximum Gasteiger partial charge on any atom is 0.262 e. The van der Waals surface area contributed by atoms with Gasteiger partial charge in [-0.15, -0.1) is 0 Å². The van der Waals surface area contributed by atoms with Gasteiger partial charge in [0.1, 0.15) is 35.5 Å². The number of phenols is 1. The summed E-state index contributed by atoms with van der Waals surface area (Å²) in [4.78, 5) is 15.2. The van der Waals surface area contributed by atoms with Crippen LogP contribution in [0.4, 0.5) is 0 Å². The Morgan fingerprint density at radius 3 is 2.60 bits per heavy atom. The molecule has 0 bridgehead atoms. The van der Waals surface area contributed by atoms with Gasteiger partial charge in [-0.2, -0.15) is 5.26 Å². The Balaban J connectivity index is 1.34. The Morgan fingerprint density at radius 1 is 1.06 bits per heavy atom. The van der Waals surface area contributed by atoms with Crippen molar-refractivity contribution in [2.75, 3.05) is 13.2 Å². The first kappa shape index (κ1) is 22.8. The number of nitrogens with zero attached hydrogens (tertiary/aromatic N) is 2. The van der Waals surface area contributed by atoms with Crippen molar-refractivity contribution in [2.45, 2.75) is 38.6 Å². The average molecular weight is 471 g/mol. The van der Waals surface area contributed by atoms with Crippen LogP contribution in [0.15, 0.2) is 60.7 Å². The number of fused-ring (bicyclic) bond motifs is 1. The van der Waals surface area contributed by atoms with Crippen molar-refractivity contribution in [3.8, 4) is 23.3 Å². The summed E-state index contributed by atoms with van der Waals surface area (Å²) in [5, 5.41) is 20.0. The first-order valence-corrected chi connectivity index (χ1v) is 11.7. The highest BCUT2D eigenvalue weighted by atomic mass is 16.5. The molecule has 2 aliphatic heterocycles. The molecule has 35 heavy (non-hydrogen) atoms. The van der Waals surface area contributed by atoms with Gasteiger partial charge in [-0.3, -0.25) is 4.79 Å². The lowest BCUT2D eigenvalue weighted by Gasteiger charge is -2.23. The number of carbonyl (C=O) groups is 1. The van der Waals surface area contributed by atoms with Crippen LogP contribution in [0.1, 0.15) is 45.5 Å². The number of aromatic hydroxyl groups is 1. The van der Waals surface area contributed by atoms with Crippen molar-refractivity contribution in [1.82, 2.24) is 4.90 Å². The second-order valence-electron chi connectivity index (χ2n) is 8.78. The predicted octanol–water partition coefficient (Wildman–Crippen LogP) is 4.56. The fourth-order valence-corrected chi connectivity index (χ4v) is 4.46. The number of ether oxygens (including phenoxy) is 3. The van der Waals surface area contributed by atoms with Gasteiger partial charge < -0.3 is 24.2 Å². The fraction of sp³-hybridized carbons (Fsp3) is 0.286. The second-order valence-corrected chi connectivity index (χ2v) is 8.78. The van der Waals surface area contributed by atoms with Gasteiger partial charge in [0.05, 0.1) is 24.8 Å². The molecule has 2 heterocycles. The van der Waals surface area contributed by atoms with Gasteiger partial charge in [-0.25, -0.2) is 0 Å². The first-order valence-electron chi connectivity index (χ1n) is 11.7. The third-order valence-corrected chi connectivity index (χ3v) is 6.32. The van der Waals surface area contributed by atoms with E-state index in [-0.39, 0.29) is 41.2 Å². The molecule has 7 nitrogen and oxygen atoms in total. The molecule has 0 radical (unpaired) electrons. The molecule has 0 aromatic heterocycles. The smallest absolute Gasteiger partial charge is 0.262 e. The fourth-order valence-electron chi connectivity index (χ4n) is 4.46. The molecule has 1 fully saturated rings. The molecule has 3 aromatic rings. The van der Waals surface area contributed by atoms with Gasteiger partial charge in [0, 0.05) is 25.9 Å². The highest BCUT2D eigenvalue weighted by molar-refractivity contribution is 6.00. The molecule has 0 spiro atoms. The number of hydrogen-bond acceptors (Lipinski definition) is 6. The number of benzene rings is 3. The highest BCUT2D eigenvalue weighted by Crippen LogP contribution is 2.35. The lowest BCUT2D eigenvalue weighted by molar-refractivity contribution is 0.0255. The monoisotopic (exact) mass is 470 g/mol. The van der Waals surface area contributed by atoms with E-state index >= 15 is 0 Å². The van der Waals surface area contributed by atoms with Gasteiger partial charge in [-0.05, 0) is 41.0 Å². The van der Waals surface area contributed by atoms with Crippen LogP contribution in [0.25, 0.3) is 0 Å². The number of hydrogen-bond donors (Lipinski definition) is 1. The number of carbonyl (C=O) groups excluding carboxylic acids is 1. The zero-order chi connectivity index (χ0) is 24.2. The van der Waals surface area contributed by atoms with Gasteiger partial charge in [0.2, 0.25) is 0 Å². The Kier molecular flexibility index (Phi) is 6.55. The summed E-state index contributed by atoms with van der Waals surface area (Å²) < 4.78 is 17.4. The summed E-state index contributed by atoms with van der Waals surface area (Å²) >= 11 is 0. The molecule has 1 N–H and O–H groups in total. The van der Waals surface area contributed by atoms with Crippen molar-refractivity contribution < 1.29 is 24.1 Å². The van der Waals surface area contributed by atoms with E-state index in [1.165, 1.54) is 12.1 Å². The molecule has 0 unspecified atom stereocenters. The van der Waals surface area contributed by atoms with E-state index in [0.29, 0.717) is 26.3 Å². The summed E-state index contributed by atoms with van der Waals surface area (Å²) in [5.74, 6) is 0.364. The van der Waals surface area contributed by atoms with E-state index in [0.717, 1.165) is 35.3 Å². The topological polar surface area (TPSA) is 92.0 Å². The zero-order valence-electron chi connectivity index (χ0n) is 19.3. The van der Waals surface area contributed by atoms with E-state index in [4.69, 9.17) is 14.2 Å². The van der Waals surface area contributed by atoms with Gasteiger partial charge in [-0.1, -0.05) is 36.4 Å². The van der Waals surface area contributed by atoms with Crippen molar-refractivity contribution in [1.29, 1.82) is 5.26 Å². The van der Waals surface area contributed by atoms with Crippen LogP contribution in [0, 0.1) is 11.3 Å². The molecule has 1 amide bonds. The Morgan fingerprint density at radius 2 is 1.83 bits per heavy atom. The van der Waals surface area contributed by atoms with Crippen LogP contribution in [0.3, 0.4) is 0 Å². The van der Waals surface area contributed by atoms with Crippen molar-refractivity contribution in [3.05, 3.63) is 88.5 Å². The zero-order valence-corrected chi connectivity index (χ0v) is 19.3. The quantitative estimate of drug-likeness (QED) is 0.568. The molecule has 0 aliphatic carbocycles. The van der Waals surface area contributed by atoms with E-state index < -0.39 is 0 Å². The highest BCUT2D eigenvalue weighted by Gasteiger charge is 2.29. The number of nitriles is 1. The molecule has 178 valence electrons. The van der Waals surface area contributed by atoms with Crippen molar-refractivity contribution >= 4 is 5.91 Å². The number of amides is 1. The summed E-state index contributed by atoms with van der Waals surface area (Å²) in [5.41, 5.74) is 3.26. The van der Waals surface area contributed by atoms with E-state index in [9.17, 15) is 15.2 Å². The largest absolute Gasteiger partial charge is 0.507 e. The first-order chi connectivity index (χ1) is 17.1. The predicted molar refractivity (Wildman–Crippen MR) is 128 cm³/mol. The minimum atomic E-state index is -0.349. The normalized spacial score (nSPS) is 15.3. The summed E-state index contributed by atoms with van der Waals surface area (Å²) in [6.07, 6.45) is 1.87. The minimum absolute atomic E-state index is 0.0615. The molecule has 1 saturated heterocycles. The SMILES string of the molecule is N#Cc1cc(O)c(C(=O)N2Cc3ccc(OC4CCOCC4)cc3C2)c(OCc2ccccc2)c1. The second kappa shape index (κ2) is 10.1. The lowest BCUT2D eigenvalue weighted by atomic mass is 10.1. The minimum Gasteiger partial charge on any atom is -0.507 e. The molecule has 0 saturated carbocycles. The standard InChI is InChI=1S/C28H26N2O5/c29-15-20-12-25(31)27(26(13-20)34-18-19-4-2-1-3-5-19)28(32)30-16-21-6-7-24(14-22(21)17-30)35-23-8-10-33-11-9-23/h1-7,12-14,23,31H,8-11,16-18H2. The van der Waals surface area contributed by atoms with Crippen LogP contribution in [-0.4, -0.2) is 35.2 Å². The molecule has 0 atom stereocenters. The third kappa shape index (κ3) is 5.08. The van der Waals surface area contributed by atoms with E-state index in [1.54, 1.807) is 4.90 Å². The molecule has 5 rings (SSSR count). The van der Waals surface area contributed by atoms with E-state index in [1.807, 2.05) is 54.6 Å². The van der Waals surface area contributed by atoms with Gasteiger partial charge in [0.25, 0.3) is 5.91 Å². The summed E-state index contributed by atoms with van der Waals surface area (Å²) in [6, 6.07) is 20.2. The van der Waals surface area contributed by atoms with Crippen LogP contribution in [-0.2, 0) is 24.4 Å². The van der Waals surface area contributed by atoms with Crippen LogP contribution < -0.4 is 9.47 Å². The third-order valence-electron chi connectivity index (χ3n) is 6.32. The van der Waals surface area contributed by atoms with Crippen molar-refractivity contribution in [2.24, 2.45) is 0 Å². The van der Waals surface area contributed by atoms with Crippen LogP contribution >= 0.6 is 0 Å². The lowest BCUT2D eigenvalue weighted by Crippen LogP contribution is -2.26. The Labute approximate surface area is 204 Å². The molecule has 3 aromatic carbocycles. The maximum atomic E-state index is 13.5. The van der Waals surface area contributed by atoms with E-state index in [2.05, 4.69) is 0 Å². The number of rotatable bonds is 6. The van der Waals surface area contributed by atoms with Gasteiger partial charge >= 0.3 is 0 Å². The van der Waals surface area contributed by atoms with Gasteiger partial charge in [0.15, 0.2) is 0 Å².